The van der Waals surface area contributed by atoms with E-state index in [-0.39, 0.29) is 32.6 Å². The van der Waals surface area contributed by atoms with Crippen LogP contribution in [-0.2, 0) is 0 Å². The lowest BCUT2D eigenvalue weighted by atomic mass is 10.1. The smallest absolute Gasteiger partial charge is 0.337 e. The number of carboxylic acid groups (broad SMARTS) is 1. The molecule has 0 radical (unpaired) electrons. The first-order valence-corrected chi connectivity index (χ1v) is 6.47. The maximum atomic E-state index is 12.1. The van der Waals surface area contributed by atoms with E-state index in [4.69, 9.17) is 28.3 Å². The lowest BCUT2D eigenvalue weighted by Crippen LogP contribution is -2.15. The molecule has 5 nitrogen and oxygen atoms in total. The number of phenolic OH excluding ortho intramolecular Hbond substituents is 1. The molecule has 0 saturated heterocycles. The highest BCUT2D eigenvalue weighted by Gasteiger charge is 2.17. The number of halogens is 2. The van der Waals surface area contributed by atoms with Crippen LogP contribution < -0.4 is 5.32 Å². The standard InChI is InChI=1S/C14H9Cl2NO4/c15-9-3-1-2-8(14(20)21)12(9)17-13(19)7-4-5-11(18)10(16)6-7/h1-6,18H,(H,17,19)(H,20,21). The van der Waals surface area contributed by atoms with Crippen molar-refractivity contribution in [2.75, 3.05) is 5.32 Å². The summed E-state index contributed by atoms with van der Waals surface area (Å²) in [5, 5.41) is 21.0. The van der Waals surface area contributed by atoms with Crippen molar-refractivity contribution in [2.45, 2.75) is 0 Å². The second-order valence-electron chi connectivity index (χ2n) is 4.09. The predicted molar refractivity (Wildman–Crippen MR) is 79.5 cm³/mol. The van der Waals surface area contributed by atoms with E-state index in [2.05, 4.69) is 5.32 Å². The van der Waals surface area contributed by atoms with Gasteiger partial charge in [-0.05, 0) is 30.3 Å². The maximum absolute atomic E-state index is 12.1. The first-order chi connectivity index (χ1) is 9.90. The Hall–Kier alpha value is -2.24. The van der Waals surface area contributed by atoms with Crippen LogP contribution in [0.4, 0.5) is 5.69 Å². The summed E-state index contributed by atoms with van der Waals surface area (Å²) in [6.45, 7) is 0. The van der Waals surface area contributed by atoms with Crippen molar-refractivity contribution in [3.8, 4) is 5.75 Å². The van der Waals surface area contributed by atoms with Gasteiger partial charge in [-0.2, -0.15) is 0 Å². The van der Waals surface area contributed by atoms with Gasteiger partial charge >= 0.3 is 5.97 Å². The highest BCUT2D eigenvalue weighted by atomic mass is 35.5. The third kappa shape index (κ3) is 3.26. The van der Waals surface area contributed by atoms with E-state index in [1.165, 1.54) is 36.4 Å². The number of hydrogen-bond acceptors (Lipinski definition) is 3. The van der Waals surface area contributed by atoms with Crippen LogP contribution in [0, 0.1) is 0 Å². The number of nitrogens with one attached hydrogen (secondary N) is 1. The van der Waals surface area contributed by atoms with E-state index in [0.29, 0.717) is 0 Å². The highest BCUT2D eigenvalue weighted by molar-refractivity contribution is 6.35. The molecule has 0 bridgehead atoms. The molecule has 2 rings (SSSR count). The number of aromatic carboxylic acids is 1. The molecule has 108 valence electrons. The Morgan fingerprint density at radius 2 is 1.76 bits per heavy atom. The molecule has 0 aliphatic carbocycles. The topological polar surface area (TPSA) is 86.6 Å². The van der Waals surface area contributed by atoms with Crippen LogP contribution in [0.2, 0.25) is 10.0 Å². The molecule has 0 fully saturated rings. The Kier molecular flexibility index (Phi) is 4.35. The highest BCUT2D eigenvalue weighted by Crippen LogP contribution is 2.28. The number of hydrogen-bond donors (Lipinski definition) is 3. The van der Waals surface area contributed by atoms with E-state index >= 15 is 0 Å². The minimum atomic E-state index is -1.21. The molecule has 0 spiro atoms. The van der Waals surface area contributed by atoms with Gasteiger partial charge in [0.25, 0.3) is 5.91 Å². The molecule has 3 N–H and O–H groups in total. The summed E-state index contributed by atoms with van der Waals surface area (Å²) in [5.74, 6) is -1.96. The van der Waals surface area contributed by atoms with Crippen LogP contribution in [0.25, 0.3) is 0 Å². The van der Waals surface area contributed by atoms with Crippen molar-refractivity contribution in [1.82, 2.24) is 0 Å². The van der Waals surface area contributed by atoms with Gasteiger partial charge in [-0.15, -0.1) is 0 Å². The van der Waals surface area contributed by atoms with Crippen LogP contribution in [0.1, 0.15) is 20.7 Å². The Labute approximate surface area is 129 Å². The minimum Gasteiger partial charge on any atom is -0.506 e. The Bertz CT molecular complexity index is 731. The molecule has 2 aromatic carbocycles. The monoisotopic (exact) mass is 325 g/mol. The fraction of sp³-hybridized carbons (Fsp3) is 0. The molecule has 0 aliphatic heterocycles. The zero-order valence-electron chi connectivity index (χ0n) is 10.4. The van der Waals surface area contributed by atoms with Crippen molar-refractivity contribution in [1.29, 1.82) is 0 Å². The van der Waals surface area contributed by atoms with Gasteiger partial charge in [-0.1, -0.05) is 29.3 Å². The average Bonchev–Trinajstić information content (AvgIpc) is 2.43. The molecule has 0 heterocycles. The molecule has 0 aromatic heterocycles. The number of carbonyl (C=O) groups is 2. The van der Waals surface area contributed by atoms with Crippen molar-refractivity contribution >= 4 is 40.8 Å². The van der Waals surface area contributed by atoms with Gasteiger partial charge in [0.05, 0.1) is 21.3 Å². The SMILES string of the molecule is O=C(Nc1c(Cl)cccc1C(=O)O)c1ccc(O)c(Cl)c1. The zero-order chi connectivity index (χ0) is 15.6. The van der Waals surface area contributed by atoms with Gasteiger partial charge in [0.15, 0.2) is 0 Å². The van der Waals surface area contributed by atoms with E-state index in [0.717, 1.165) is 0 Å². The molecule has 0 aliphatic rings. The summed E-state index contributed by atoms with van der Waals surface area (Å²) in [6.07, 6.45) is 0. The second-order valence-corrected chi connectivity index (χ2v) is 4.90. The third-order valence-electron chi connectivity index (χ3n) is 2.69. The van der Waals surface area contributed by atoms with Crippen molar-refractivity contribution in [3.05, 3.63) is 57.6 Å². The number of para-hydroxylation sites is 1. The van der Waals surface area contributed by atoms with Crippen LogP contribution >= 0.6 is 23.2 Å². The van der Waals surface area contributed by atoms with Gasteiger partial charge in [0.2, 0.25) is 0 Å². The van der Waals surface area contributed by atoms with Gasteiger partial charge in [0.1, 0.15) is 5.75 Å². The Morgan fingerprint density at radius 1 is 1.05 bits per heavy atom. The van der Waals surface area contributed by atoms with E-state index < -0.39 is 11.9 Å². The summed E-state index contributed by atoms with van der Waals surface area (Å²) in [6, 6.07) is 8.15. The number of carboxylic acids is 1. The zero-order valence-corrected chi connectivity index (χ0v) is 11.9. The Morgan fingerprint density at radius 3 is 2.38 bits per heavy atom. The number of rotatable bonds is 3. The first-order valence-electron chi connectivity index (χ1n) is 5.72. The minimum absolute atomic E-state index is 0.000800. The van der Waals surface area contributed by atoms with Crippen molar-refractivity contribution < 1.29 is 19.8 Å². The summed E-state index contributed by atoms with van der Waals surface area (Å²) in [7, 11) is 0. The number of phenols is 1. The van der Waals surface area contributed by atoms with E-state index in [9.17, 15) is 14.7 Å². The molecular formula is C14H9Cl2NO4. The van der Waals surface area contributed by atoms with Crippen molar-refractivity contribution in [2.24, 2.45) is 0 Å². The van der Waals surface area contributed by atoms with Crippen LogP contribution in [-0.4, -0.2) is 22.1 Å². The van der Waals surface area contributed by atoms with Crippen molar-refractivity contribution in [3.63, 3.8) is 0 Å². The normalized spacial score (nSPS) is 10.2. The predicted octanol–water partition coefficient (Wildman–Crippen LogP) is 3.65. The molecule has 0 saturated carbocycles. The number of amides is 1. The molecule has 2 aromatic rings. The Balaban J connectivity index is 2.36. The van der Waals surface area contributed by atoms with Gasteiger partial charge in [-0.25, -0.2) is 4.79 Å². The fourth-order valence-electron chi connectivity index (χ4n) is 1.66. The number of carbonyl (C=O) groups excluding carboxylic acids is 1. The van der Waals surface area contributed by atoms with Gasteiger partial charge < -0.3 is 15.5 Å². The first kappa shape index (κ1) is 15.2. The molecule has 21 heavy (non-hydrogen) atoms. The summed E-state index contributed by atoms with van der Waals surface area (Å²) >= 11 is 11.6. The lowest BCUT2D eigenvalue weighted by Gasteiger charge is -2.10. The van der Waals surface area contributed by atoms with Crippen LogP contribution in [0.5, 0.6) is 5.75 Å². The number of anilines is 1. The van der Waals surface area contributed by atoms with E-state index in [1.54, 1.807) is 0 Å². The number of aromatic hydroxyl groups is 1. The average molecular weight is 326 g/mol. The quantitative estimate of drug-likeness (QED) is 0.803. The fourth-order valence-corrected chi connectivity index (χ4v) is 2.07. The molecule has 7 heteroatoms. The molecular weight excluding hydrogens is 317 g/mol. The summed E-state index contributed by atoms with van der Waals surface area (Å²) < 4.78 is 0. The van der Waals surface area contributed by atoms with Gasteiger partial charge in [0, 0.05) is 5.56 Å². The molecule has 1 amide bonds. The lowest BCUT2D eigenvalue weighted by molar-refractivity contribution is 0.0698. The second kappa shape index (κ2) is 6.03. The number of benzene rings is 2. The molecule has 0 unspecified atom stereocenters. The summed E-state index contributed by atoms with van der Waals surface area (Å²) in [4.78, 5) is 23.2. The summed E-state index contributed by atoms with van der Waals surface area (Å²) in [5.41, 5.74) is 0.0376. The third-order valence-corrected chi connectivity index (χ3v) is 3.31. The maximum Gasteiger partial charge on any atom is 0.337 e. The van der Waals surface area contributed by atoms with Gasteiger partial charge in [-0.3, -0.25) is 4.79 Å². The van der Waals surface area contributed by atoms with Crippen LogP contribution in [0.3, 0.4) is 0 Å². The molecule has 0 atom stereocenters. The van der Waals surface area contributed by atoms with Crippen LogP contribution in [0.15, 0.2) is 36.4 Å². The largest absolute Gasteiger partial charge is 0.506 e. The van der Waals surface area contributed by atoms with E-state index in [1.807, 2.05) is 0 Å².